The van der Waals surface area contributed by atoms with Gasteiger partial charge in [-0.15, -0.1) is 11.3 Å². The van der Waals surface area contributed by atoms with Crippen LogP contribution < -0.4 is 10.1 Å². The molecule has 122 valence electrons. The van der Waals surface area contributed by atoms with E-state index < -0.39 is 0 Å². The van der Waals surface area contributed by atoms with E-state index >= 15 is 0 Å². The molecule has 3 rings (SSSR count). The number of nitrogens with one attached hydrogen (secondary N) is 1. The minimum absolute atomic E-state index is 0.0270. The van der Waals surface area contributed by atoms with Gasteiger partial charge in [0.25, 0.3) is 0 Å². The van der Waals surface area contributed by atoms with E-state index in [1.54, 1.807) is 12.0 Å². The topological polar surface area (TPSA) is 63.7 Å². The largest absolute Gasteiger partial charge is 0.491 e. The third kappa shape index (κ3) is 3.62. The molecule has 1 aliphatic rings. The minimum atomic E-state index is -0.170. The molecule has 1 aromatic carbocycles. The van der Waals surface area contributed by atoms with Gasteiger partial charge < -0.3 is 14.4 Å². The van der Waals surface area contributed by atoms with Crippen LogP contribution in [0.2, 0.25) is 0 Å². The molecule has 7 heteroatoms. The number of carbonyl (C=O) groups excluding carboxylic acids is 1. The van der Waals surface area contributed by atoms with E-state index in [1.165, 1.54) is 11.3 Å². The van der Waals surface area contributed by atoms with Crippen molar-refractivity contribution in [3.63, 3.8) is 0 Å². The molecule has 2 aromatic rings. The van der Waals surface area contributed by atoms with Crippen LogP contribution in [-0.4, -0.2) is 35.7 Å². The number of ether oxygens (including phenoxy) is 2. The van der Waals surface area contributed by atoms with Crippen LogP contribution in [0.5, 0.6) is 5.75 Å². The third-order valence-corrected chi connectivity index (χ3v) is 4.45. The molecule has 1 unspecified atom stereocenters. The van der Waals surface area contributed by atoms with Gasteiger partial charge in [0, 0.05) is 18.1 Å². The average molecular weight is 333 g/mol. The number of methoxy groups -OCH3 is 1. The van der Waals surface area contributed by atoms with Crippen molar-refractivity contribution in [1.82, 2.24) is 9.88 Å². The molecule has 6 nitrogen and oxygen atoms in total. The zero-order valence-corrected chi connectivity index (χ0v) is 13.9. The Morgan fingerprint density at radius 1 is 1.52 bits per heavy atom. The fourth-order valence-corrected chi connectivity index (χ4v) is 3.11. The van der Waals surface area contributed by atoms with Crippen molar-refractivity contribution >= 4 is 22.5 Å². The number of hydrogen-bond acceptors (Lipinski definition) is 5. The van der Waals surface area contributed by atoms with Crippen molar-refractivity contribution in [2.75, 3.05) is 19.0 Å². The average Bonchev–Trinajstić information content (AvgIpc) is 2.90. The summed E-state index contributed by atoms with van der Waals surface area (Å²) in [6, 6.07) is 7.60. The Labute approximate surface area is 139 Å². The van der Waals surface area contributed by atoms with Crippen molar-refractivity contribution < 1.29 is 14.3 Å². The second kappa shape index (κ2) is 6.97. The zero-order chi connectivity index (χ0) is 16.2. The maximum absolute atomic E-state index is 12.6. The lowest BCUT2D eigenvalue weighted by atomic mass is 10.2. The van der Waals surface area contributed by atoms with Gasteiger partial charge in [-0.3, -0.25) is 5.32 Å². The summed E-state index contributed by atoms with van der Waals surface area (Å²) in [5, 5.41) is 5.32. The number of fused-ring (bicyclic) bond motifs is 1. The van der Waals surface area contributed by atoms with E-state index in [0.717, 1.165) is 17.0 Å². The number of anilines is 1. The first-order valence-corrected chi connectivity index (χ1v) is 8.27. The molecule has 1 atom stereocenters. The molecule has 0 radical (unpaired) electrons. The van der Waals surface area contributed by atoms with E-state index in [1.807, 2.05) is 36.6 Å². The Morgan fingerprint density at radius 3 is 3.17 bits per heavy atom. The van der Waals surface area contributed by atoms with Crippen LogP contribution >= 0.6 is 11.3 Å². The monoisotopic (exact) mass is 333 g/mol. The summed E-state index contributed by atoms with van der Waals surface area (Å²) in [6.45, 7) is 3.40. The number of carbonyl (C=O) groups is 1. The van der Waals surface area contributed by atoms with Crippen LogP contribution in [0.3, 0.4) is 0 Å². The molecule has 23 heavy (non-hydrogen) atoms. The molecule has 1 N–H and O–H groups in total. The molecule has 0 fully saturated rings. The first-order valence-electron chi connectivity index (χ1n) is 7.39. The van der Waals surface area contributed by atoms with E-state index in [-0.39, 0.29) is 12.1 Å². The van der Waals surface area contributed by atoms with Gasteiger partial charge in [-0.05, 0) is 13.0 Å². The van der Waals surface area contributed by atoms with Gasteiger partial charge in [0.15, 0.2) is 5.13 Å². The summed E-state index contributed by atoms with van der Waals surface area (Å²) in [5.74, 6) is 0.839. The Morgan fingerprint density at radius 2 is 2.35 bits per heavy atom. The standard InChI is InChI=1S/C16H19N3O3S/c1-11-8-22-14-6-4-3-5-12(14)7-19(11)16(20)18-15-17-13(9-21-2)10-23-15/h3-6,10-11H,7-9H2,1-2H3,(H,17,18,20). The molecule has 0 aliphatic carbocycles. The molecule has 1 aromatic heterocycles. The molecule has 0 saturated carbocycles. The smallest absolute Gasteiger partial charge is 0.324 e. The highest BCUT2D eigenvalue weighted by Crippen LogP contribution is 2.25. The van der Waals surface area contributed by atoms with Crippen molar-refractivity contribution in [2.45, 2.75) is 26.1 Å². The first kappa shape index (κ1) is 15.8. The van der Waals surface area contributed by atoms with Crippen LogP contribution in [0, 0.1) is 0 Å². The van der Waals surface area contributed by atoms with Crippen LogP contribution in [0.15, 0.2) is 29.6 Å². The lowest BCUT2D eigenvalue weighted by Gasteiger charge is -2.25. The van der Waals surface area contributed by atoms with Gasteiger partial charge in [0.05, 0.1) is 24.9 Å². The molecule has 0 saturated heterocycles. The molecule has 2 heterocycles. The van der Waals surface area contributed by atoms with Gasteiger partial charge in [0.1, 0.15) is 12.4 Å². The van der Waals surface area contributed by atoms with Gasteiger partial charge in [0.2, 0.25) is 0 Å². The minimum Gasteiger partial charge on any atom is -0.491 e. The summed E-state index contributed by atoms with van der Waals surface area (Å²) in [7, 11) is 1.62. The predicted molar refractivity (Wildman–Crippen MR) is 88.8 cm³/mol. The molecular formula is C16H19N3O3S. The van der Waals surface area contributed by atoms with E-state index in [4.69, 9.17) is 9.47 Å². The van der Waals surface area contributed by atoms with Crippen molar-refractivity contribution in [1.29, 1.82) is 0 Å². The van der Waals surface area contributed by atoms with E-state index in [9.17, 15) is 4.79 Å². The summed E-state index contributed by atoms with van der Waals surface area (Å²) in [6.07, 6.45) is 0. The number of aromatic nitrogens is 1. The second-order valence-electron chi connectivity index (χ2n) is 5.40. The highest BCUT2D eigenvalue weighted by molar-refractivity contribution is 7.13. The molecular weight excluding hydrogens is 314 g/mol. The van der Waals surface area contributed by atoms with Gasteiger partial charge >= 0.3 is 6.03 Å². The Hall–Kier alpha value is -2.12. The molecule has 0 bridgehead atoms. The normalized spacial score (nSPS) is 17.1. The lowest BCUT2D eigenvalue weighted by molar-refractivity contribution is 0.167. The summed E-state index contributed by atoms with van der Waals surface area (Å²) >= 11 is 1.39. The fraction of sp³-hybridized carbons (Fsp3) is 0.375. The van der Waals surface area contributed by atoms with Gasteiger partial charge in [-0.25, -0.2) is 9.78 Å². The molecule has 2 amide bonds. The quantitative estimate of drug-likeness (QED) is 0.937. The van der Waals surface area contributed by atoms with Crippen molar-refractivity contribution in [3.05, 3.63) is 40.9 Å². The van der Waals surface area contributed by atoms with Crippen molar-refractivity contribution in [2.24, 2.45) is 0 Å². The first-order chi connectivity index (χ1) is 11.2. The highest BCUT2D eigenvalue weighted by Gasteiger charge is 2.26. The predicted octanol–water partition coefficient (Wildman–Crippen LogP) is 3.10. The third-order valence-electron chi connectivity index (χ3n) is 3.64. The Bertz CT molecular complexity index is 689. The van der Waals surface area contributed by atoms with Gasteiger partial charge in [-0.1, -0.05) is 18.2 Å². The number of benzene rings is 1. The number of hydrogen-bond donors (Lipinski definition) is 1. The maximum Gasteiger partial charge on any atom is 0.324 e. The number of para-hydroxylation sites is 1. The molecule has 1 aliphatic heterocycles. The van der Waals surface area contributed by atoms with Crippen LogP contribution in [0.25, 0.3) is 0 Å². The summed E-state index contributed by atoms with van der Waals surface area (Å²) in [5.41, 5.74) is 1.82. The highest BCUT2D eigenvalue weighted by atomic mass is 32.1. The van der Waals surface area contributed by atoms with Crippen LogP contribution in [0.1, 0.15) is 18.2 Å². The second-order valence-corrected chi connectivity index (χ2v) is 6.26. The number of thiazole rings is 1. The number of amides is 2. The Balaban J connectivity index is 1.72. The number of urea groups is 1. The van der Waals surface area contributed by atoms with Gasteiger partial charge in [-0.2, -0.15) is 0 Å². The lowest BCUT2D eigenvalue weighted by Crippen LogP contribution is -2.42. The Kier molecular flexibility index (Phi) is 4.78. The number of rotatable bonds is 3. The van der Waals surface area contributed by atoms with Crippen LogP contribution in [-0.2, 0) is 17.9 Å². The number of nitrogens with zero attached hydrogens (tertiary/aromatic N) is 2. The van der Waals surface area contributed by atoms with Crippen molar-refractivity contribution in [3.8, 4) is 5.75 Å². The maximum atomic E-state index is 12.6. The van der Waals surface area contributed by atoms with E-state index in [0.29, 0.717) is 24.9 Å². The van der Waals surface area contributed by atoms with Crippen LogP contribution in [0.4, 0.5) is 9.93 Å². The zero-order valence-electron chi connectivity index (χ0n) is 13.1. The SMILES string of the molecule is COCc1csc(NC(=O)N2Cc3ccccc3OCC2C)n1. The summed E-state index contributed by atoms with van der Waals surface area (Å²) < 4.78 is 10.8. The summed E-state index contributed by atoms with van der Waals surface area (Å²) in [4.78, 5) is 18.7. The molecule has 0 spiro atoms. The fourth-order valence-electron chi connectivity index (χ4n) is 2.43. The van der Waals surface area contributed by atoms with E-state index in [2.05, 4.69) is 10.3 Å².